The molecule has 0 aromatic heterocycles. The molecule has 0 N–H and O–H groups in total. The van der Waals surface area contributed by atoms with Gasteiger partial charge < -0.3 is 0 Å². The molecule has 0 spiro atoms. The van der Waals surface area contributed by atoms with Gasteiger partial charge in [-0.15, -0.1) is 8.58 Å². The molecule has 0 heterocycles. The van der Waals surface area contributed by atoms with E-state index in [9.17, 15) is 4.79 Å². The zero-order chi connectivity index (χ0) is 8.48. The van der Waals surface area contributed by atoms with Gasteiger partial charge in [-0.1, -0.05) is 0 Å². The van der Waals surface area contributed by atoms with Crippen molar-refractivity contribution in [1.29, 1.82) is 0 Å². The molecular formula is C8H15OPS. The van der Waals surface area contributed by atoms with Crippen molar-refractivity contribution < 1.29 is 4.79 Å². The summed E-state index contributed by atoms with van der Waals surface area (Å²) < 4.78 is -0.323. The van der Waals surface area contributed by atoms with Crippen molar-refractivity contribution in [3.05, 3.63) is 0 Å². The molecule has 0 aromatic rings. The lowest BCUT2D eigenvalue weighted by Gasteiger charge is -2.31. The molecule has 1 unspecified atom stereocenters. The average molecular weight is 190 g/mol. The van der Waals surface area contributed by atoms with Crippen LogP contribution in [-0.4, -0.2) is 22.9 Å². The van der Waals surface area contributed by atoms with Crippen molar-refractivity contribution in [3.8, 4) is 0 Å². The van der Waals surface area contributed by atoms with Crippen LogP contribution in [-0.2, 0) is 4.79 Å². The Kier molecular flexibility index (Phi) is 2.99. The number of carbonyl (C=O) groups excluding carboxylic acids is 1. The smallest absolute Gasteiger partial charge is 0.148 e. The number of thiol groups is 1. The fraction of sp³-hybridized carbons (Fsp3) is 0.875. The van der Waals surface area contributed by atoms with Gasteiger partial charge in [-0.2, -0.15) is 12.6 Å². The second kappa shape index (κ2) is 3.45. The molecule has 0 saturated heterocycles. The van der Waals surface area contributed by atoms with Gasteiger partial charge in [-0.25, -0.2) is 0 Å². The molecule has 1 saturated carbocycles. The Bertz CT molecular complexity index is 167. The van der Waals surface area contributed by atoms with E-state index in [0.717, 1.165) is 21.4 Å². The second-order valence-electron chi connectivity index (χ2n) is 3.43. The first-order chi connectivity index (χ1) is 5.06. The van der Waals surface area contributed by atoms with E-state index in [4.69, 9.17) is 0 Å². The summed E-state index contributed by atoms with van der Waals surface area (Å²) in [5.41, 5.74) is 0.655. The third-order valence-electron chi connectivity index (χ3n) is 2.42. The van der Waals surface area contributed by atoms with Crippen LogP contribution in [0.2, 0.25) is 0 Å². The molecule has 0 bridgehead atoms. The van der Waals surface area contributed by atoms with Crippen LogP contribution in [0.5, 0.6) is 0 Å². The average Bonchev–Trinajstić information content (AvgIpc) is 1.95. The number of hydrogen-bond donors (Lipinski definition) is 1. The molecule has 64 valence electrons. The first-order valence-electron chi connectivity index (χ1n) is 3.99. The highest BCUT2D eigenvalue weighted by atomic mass is 32.1. The second-order valence-corrected chi connectivity index (χ2v) is 5.81. The quantitative estimate of drug-likeness (QED) is 0.495. The Morgan fingerprint density at radius 1 is 1.73 bits per heavy atom. The fourth-order valence-electron chi connectivity index (χ4n) is 1.39. The van der Waals surface area contributed by atoms with Crippen LogP contribution in [0.15, 0.2) is 0 Å². The highest BCUT2D eigenvalue weighted by molar-refractivity contribution is 7.82. The first-order valence-corrected chi connectivity index (χ1v) is 6.01. The highest BCUT2D eigenvalue weighted by Gasteiger charge is 2.34. The summed E-state index contributed by atoms with van der Waals surface area (Å²) in [7, 11) is 0.914. The molecule has 1 aliphatic rings. The third kappa shape index (κ3) is 2.19. The summed E-state index contributed by atoms with van der Waals surface area (Å²) in [5.74, 6) is 0.339. The van der Waals surface area contributed by atoms with E-state index in [1.54, 1.807) is 0 Å². The van der Waals surface area contributed by atoms with Crippen LogP contribution in [0.1, 0.15) is 26.2 Å². The molecule has 1 nitrogen and oxygen atoms in total. The number of rotatable bonds is 1. The van der Waals surface area contributed by atoms with Crippen LogP contribution < -0.4 is 0 Å². The molecule has 0 aromatic carbocycles. The van der Waals surface area contributed by atoms with Gasteiger partial charge in [0.15, 0.2) is 0 Å². The summed E-state index contributed by atoms with van der Waals surface area (Å²) in [6, 6.07) is 0. The predicted molar refractivity (Wildman–Crippen MR) is 54.3 cm³/mol. The topological polar surface area (TPSA) is 17.1 Å². The Hall–Kier alpha value is 0.450. The van der Waals surface area contributed by atoms with Gasteiger partial charge in [0.25, 0.3) is 0 Å². The van der Waals surface area contributed by atoms with Crippen molar-refractivity contribution in [2.24, 2.45) is 0 Å². The lowest BCUT2D eigenvalue weighted by molar-refractivity contribution is -0.122. The number of Topliss-reactive ketones (excluding diaryl/α,β-unsaturated/α-hetero) is 1. The normalized spacial score (nSPS) is 40.3. The van der Waals surface area contributed by atoms with Gasteiger partial charge in [0.1, 0.15) is 5.78 Å². The minimum atomic E-state index is -0.323. The Labute approximate surface area is 75.5 Å². The van der Waals surface area contributed by atoms with E-state index < -0.39 is 0 Å². The zero-order valence-electron chi connectivity index (χ0n) is 7.05. The van der Waals surface area contributed by atoms with Gasteiger partial charge in [0, 0.05) is 6.42 Å². The monoisotopic (exact) mass is 190 g/mol. The molecule has 1 fully saturated rings. The van der Waals surface area contributed by atoms with Crippen molar-refractivity contribution in [1.82, 2.24) is 0 Å². The Morgan fingerprint density at radius 3 is 2.82 bits per heavy atom. The minimum Gasteiger partial charge on any atom is -0.298 e. The molecule has 0 aliphatic heterocycles. The number of hydrogen-bond acceptors (Lipinski definition) is 2. The molecule has 3 atom stereocenters. The number of ketones is 1. The van der Waals surface area contributed by atoms with Gasteiger partial charge in [0.05, 0.1) is 4.75 Å². The molecule has 0 amide bonds. The largest absolute Gasteiger partial charge is 0.298 e. The maximum absolute atomic E-state index is 11.4. The van der Waals surface area contributed by atoms with Crippen LogP contribution in [0.3, 0.4) is 0 Å². The summed E-state index contributed by atoms with van der Waals surface area (Å²) in [6.07, 6.45) is 2.90. The van der Waals surface area contributed by atoms with Gasteiger partial charge in [-0.3, -0.25) is 4.79 Å². The van der Waals surface area contributed by atoms with E-state index in [2.05, 4.69) is 19.3 Å². The van der Waals surface area contributed by atoms with Gasteiger partial charge in [0.2, 0.25) is 0 Å². The predicted octanol–water partition coefficient (Wildman–Crippen LogP) is 2.10. The molecular weight excluding hydrogens is 175 g/mol. The molecule has 1 aliphatic carbocycles. The fourth-order valence-corrected chi connectivity index (χ4v) is 2.43. The van der Waals surface area contributed by atoms with Gasteiger partial charge in [-0.05, 0) is 32.1 Å². The van der Waals surface area contributed by atoms with Crippen LogP contribution in [0.25, 0.3) is 0 Å². The first kappa shape index (κ1) is 9.54. The maximum Gasteiger partial charge on any atom is 0.148 e. The summed E-state index contributed by atoms with van der Waals surface area (Å²) >= 11 is 4.35. The van der Waals surface area contributed by atoms with Crippen LogP contribution >= 0.6 is 21.2 Å². The SMILES string of the molecule is CP[C@H]1CC[C@](C)(S)C(=O)C1. The highest BCUT2D eigenvalue weighted by Crippen LogP contribution is 2.36. The van der Waals surface area contributed by atoms with Crippen molar-refractivity contribution >= 4 is 27.0 Å². The Morgan fingerprint density at radius 2 is 2.36 bits per heavy atom. The van der Waals surface area contributed by atoms with E-state index in [1.807, 2.05) is 6.92 Å². The third-order valence-corrected chi connectivity index (χ3v) is 4.20. The Balaban J connectivity index is 2.55. The lowest BCUT2D eigenvalue weighted by Crippen LogP contribution is -2.36. The minimum absolute atomic E-state index is 0.323. The summed E-state index contributed by atoms with van der Waals surface area (Å²) in [6.45, 7) is 4.12. The standard InChI is InChI=1S/C8H15OPS/c1-8(11)4-3-6(10-2)5-7(8)9/h6,10-11H,3-5H2,1-2H3/t6-,8-/m0/s1. The molecule has 1 rings (SSSR count). The van der Waals surface area contributed by atoms with Crippen molar-refractivity contribution in [2.75, 3.05) is 6.66 Å². The van der Waals surface area contributed by atoms with Crippen molar-refractivity contribution in [2.45, 2.75) is 36.6 Å². The van der Waals surface area contributed by atoms with E-state index >= 15 is 0 Å². The van der Waals surface area contributed by atoms with E-state index in [1.165, 1.54) is 6.42 Å². The maximum atomic E-state index is 11.4. The van der Waals surface area contributed by atoms with Crippen LogP contribution in [0, 0.1) is 0 Å². The van der Waals surface area contributed by atoms with Gasteiger partial charge >= 0.3 is 0 Å². The zero-order valence-corrected chi connectivity index (χ0v) is 8.95. The number of carbonyl (C=O) groups is 1. The molecule has 3 heteroatoms. The summed E-state index contributed by atoms with van der Waals surface area (Å²) in [4.78, 5) is 11.4. The van der Waals surface area contributed by atoms with Crippen LogP contribution in [0.4, 0.5) is 0 Å². The lowest BCUT2D eigenvalue weighted by atomic mass is 9.88. The van der Waals surface area contributed by atoms with E-state index in [0.29, 0.717) is 11.4 Å². The summed E-state index contributed by atoms with van der Waals surface area (Å²) in [5, 5.41) is 0. The molecule has 11 heavy (non-hydrogen) atoms. The molecule has 0 radical (unpaired) electrons. The van der Waals surface area contributed by atoms with E-state index in [-0.39, 0.29) is 4.75 Å². The van der Waals surface area contributed by atoms with Crippen molar-refractivity contribution in [3.63, 3.8) is 0 Å².